The molecule has 1 N–H and O–H groups in total. The zero-order valence-corrected chi connectivity index (χ0v) is 21.3. The van der Waals surface area contributed by atoms with Crippen LogP contribution in [0.1, 0.15) is 25.8 Å². The lowest BCUT2D eigenvalue weighted by molar-refractivity contribution is 0.0730. The lowest BCUT2D eigenvalue weighted by Gasteiger charge is -2.26. The molecule has 2 aromatic carbocycles. The Labute approximate surface area is 207 Å². The average Bonchev–Trinajstić information content (AvgIpc) is 2.88. The summed E-state index contributed by atoms with van der Waals surface area (Å²) < 4.78 is 33.6. The first-order chi connectivity index (χ1) is 16.9. The summed E-state index contributed by atoms with van der Waals surface area (Å²) in [4.78, 5) is 0.297. The molecule has 0 saturated carbocycles. The fourth-order valence-corrected chi connectivity index (χ4v) is 5.71. The van der Waals surface area contributed by atoms with Crippen molar-refractivity contribution in [2.24, 2.45) is 0 Å². The second-order valence-corrected chi connectivity index (χ2v) is 10.5. The van der Waals surface area contributed by atoms with E-state index in [4.69, 9.17) is 4.74 Å². The van der Waals surface area contributed by atoms with Crippen LogP contribution in [0, 0.1) is 6.92 Å². The van der Waals surface area contributed by atoms with Gasteiger partial charge in [0.25, 0.3) is 0 Å². The molecule has 0 spiro atoms. The Morgan fingerprint density at radius 1 is 1.11 bits per heavy atom. The highest BCUT2D eigenvalue weighted by Crippen LogP contribution is 2.32. The van der Waals surface area contributed by atoms with Crippen molar-refractivity contribution in [1.29, 1.82) is 0 Å². The van der Waals surface area contributed by atoms with Crippen LogP contribution in [0.5, 0.6) is 0 Å². The fourth-order valence-electron chi connectivity index (χ4n) is 4.05. The van der Waals surface area contributed by atoms with Gasteiger partial charge in [-0.2, -0.15) is 4.31 Å². The molecule has 1 aliphatic rings. The number of hydrogen-bond donors (Lipinski definition) is 1. The molecule has 1 aliphatic heterocycles. The van der Waals surface area contributed by atoms with Gasteiger partial charge in [-0.15, -0.1) is 10.2 Å². The quantitative estimate of drug-likeness (QED) is 0.448. The van der Waals surface area contributed by atoms with Crippen molar-refractivity contribution in [3.05, 3.63) is 71.8 Å². The van der Waals surface area contributed by atoms with Gasteiger partial charge < -0.3 is 10.1 Å². The van der Waals surface area contributed by atoms with E-state index in [9.17, 15) is 8.42 Å². The van der Waals surface area contributed by atoms with E-state index in [2.05, 4.69) is 47.6 Å². The van der Waals surface area contributed by atoms with Crippen molar-refractivity contribution in [2.75, 3.05) is 38.2 Å². The van der Waals surface area contributed by atoms with E-state index < -0.39 is 10.0 Å². The van der Waals surface area contributed by atoms with Crippen LogP contribution in [-0.2, 0) is 14.8 Å². The first-order valence-electron chi connectivity index (χ1n) is 11.9. The van der Waals surface area contributed by atoms with Crippen LogP contribution in [0.2, 0.25) is 0 Å². The zero-order valence-electron chi connectivity index (χ0n) is 20.5. The maximum atomic E-state index is 13.4. The molecule has 2 heterocycles. The smallest absolute Gasteiger partial charge is 0.243 e. The number of benzene rings is 2. The summed E-state index contributed by atoms with van der Waals surface area (Å²) in [5, 5.41) is 14.2. The molecule has 8 heteroatoms. The second kappa shape index (κ2) is 11.1. The third kappa shape index (κ3) is 5.61. The van der Waals surface area contributed by atoms with Crippen LogP contribution in [0.15, 0.2) is 71.2 Å². The van der Waals surface area contributed by atoms with Crippen molar-refractivity contribution in [1.82, 2.24) is 14.5 Å². The van der Waals surface area contributed by atoms with Gasteiger partial charge in [-0.3, -0.25) is 0 Å². The molecule has 1 fully saturated rings. The second-order valence-electron chi connectivity index (χ2n) is 8.64. The van der Waals surface area contributed by atoms with Crippen LogP contribution in [-0.4, -0.2) is 55.8 Å². The van der Waals surface area contributed by atoms with E-state index in [1.165, 1.54) is 9.88 Å². The summed E-state index contributed by atoms with van der Waals surface area (Å²) in [6.07, 6.45) is 7.26. The Morgan fingerprint density at radius 3 is 2.60 bits per heavy atom. The third-order valence-corrected chi connectivity index (χ3v) is 8.06. The average molecular weight is 493 g/mol. The highest BCUT2D eigenvalue weighted by Gasteiger charge is 2.28. The number of ether oxygens (including phenoxy) is 1. The predicted octanol–water partition coefficient (Wildman–Crippen LogP) is 4.95. The Hall–Kier alpha value is -3.07. The van der Waals surface area contributed by atoms with Gasteiger partial charge in [0.05, 0.1) is 18.1 Å². The van der Waals surface area contributed by atoms with Gasteiger partial charge >= 0.3 is 0 Å². The molecular weight excluding hydrogens is 460 g/mol. The third-order valence-electron chi connectivity index (χ3n) is 6.02. The van der Waals surface area contributed by atoms with E-state index >= 15 is 0 Å². The highest BCUT2D eigenvalue weighted by molar-refractivity contribution is 7.89. The molecule has 0 bridgehead atoms. The maximum Gasteiger partial charge on any atom is 0.243 e. The van der Waals surface area contributed by atoms with Gasteiger partial charge in [0, 0.05) is 36.0 Å². The molecule has 0 aliphatic carbocycles. The van der Waals surface area contributed by atoms with E-state index in [1.54, 1.807) is 6.07 Å². The first kappa shape index (κ1) is 25.0. The van der Waals surface area contributed by atoms with Crippen molar-refractivity contribution >= 4 is 26.6 Å². The number of rotatable bonds is 8. The molecular formula is C27H32N4O3S. The largest absolute Gasteiger partial charge is 0.379 e. The van der Waals surface area contributed by atoms with Gasteiger partial charge in [-0.05, 0) is 31.9 Å². The minimum absolute atomic E-state index is 0.297. The monoisotopic (exact) mass is 492 g/mol. The zero-order chi connectivity index (χ0) is 24.8. The topological polar surface area (TPSA) is 84.4 Å². The van der Waals surface area contributed by atoms with Crippen molar-refractivity contribution in [3.63, 3.8) is 0 Å². The molecule has 0 radical (unpaired) electrons. The molecule has 7 nitrogen and oxygen atoms in total. The normalized spacial score (nSPS) is 15.7. The molecule has 0 amide bonds. The lowest BCUT2D eigenvalue weighted by Crippen LogP contribution is -2.40. The summed E-state index contributed by atoms with van der Waals surface area (Å²) in [5.41, 5.74) is 3.26. The van der Waals surface area contributed by atoms with Crippen LogP contribution < -0.4 is 5.32 Å². The molecule has 0 unspecified atom stereocenters. The minimum Gasteiger partial charge on any atom is -0.379 e. The standard InChI is InChI=1S/C27H32N4O3S/c1-4-5-6-9-20(2)19-28-27-24-11-8-7-10-23(24)26(29-30-27)22-13-12-21(3)25(18-22)35(32,33)31-14-16-34-17-15-31/h5-13,18H,4,14-17,19H2,1-3H3,(H,28,30)/b6-5-,20-9+. The van der Waals surface area contributed by atoms with Crippen LogP contribution >= 0.6 is 0 Å². The summed E-state index contributed by atoms with van der Waals surface area (Å²) >= 11 is 0. The number of fused-ring (bicyclic) bond motifs is 1. The molecule has 35 heavy (non-hydrogen) atoms. The molecule has 1 aromatic heterocycles. The summed E-state index contributed by atoms with van der Waals surface area (Å²) in [6, 6.07) is 13.4. The summed E-state index contributed by atoms with van der Waals surface area (Å²) in [6.45, 7) is 8.18. The number of hydrogen-bond acceptors (Lipinski definition) is 6. The molecule has 4 rings (SSSR count). The maximum absolute atomic E-state index is 13.4. The molecule has 1 saturated heterocycles. The van der Waals surface area contributed by atoms with Crippen LogP contribution in [0.25, 0.3) is 22.0 Å². The van der Waals surface area contributed by atoms with Gasteiger partial charge in [0.1, 0.15) is 5.69 Å². The Kier molecular flexibility index (Phi) is 7.95. The Balaban J connectivity index is 1.69. The number of allylic oxidation sites excluding steroid dienone is 3. The molecule has 0 atom stereocenters. The van der Waals surface area contributed by atoms with Crippen LogP contribution in [0.4, 0.5) is 5.82 Å². The minimum atomic E-state index is -3.63. The van der Waals surface area contributed by atoms with E-state index in [0.717, 1.165) is 22.8 Å². The van der Waals surface area contributed by atoms with Gasteiger partial charge in [-0.1, -0.05) is 67.1 Å². The van der Waals surface area contributed by atoms with Gasteiger partial charge in [-0.25, -0.2) is 8.42 Å². The number of nitrogens with zero attached hydrogens (tertiary/aromatic N) is 3. The SMILES string of the molecule is CC/C=C\C=C(/C)CNc1nnc(-c2ccc(C)c(S(=O)(=O)N3CCOCC3)c2)c2ccccc12. The van der Waals surface area contributed by atoms with Gasteiger partial charge in [0.2, 0.25) is 10.0 Å². The predicted molar refractivity (Wildman–Crippen MR) is 141 cm³/mol. The highest BCUT2D eigenvalue weighted by atomic mass is 32.2. The van der Waals surface area contributed by atoms with E-state index in [1.807, 2.05) is 43.3 Å². The Bertz CT molecular complexity index is 1360. The number of nitrogens with one attached hydrogen (secondary N) is 1. The number of aryl methyl sites for hydroxylation is 1. The van der Waals surface area contributed by atoms with Crippen molar-refractivity contribution in [2.45, 2.75) is 32.1 Å². The number of morpholine rings is 1. The van der Waals surface area contributed by atoms with Crippen molar-refractivity contribution < 1.29 is 13.2 Å². The summed E-state index contributed by atoms with van der Waals surface area (Å²) in [5.74, 6) is 0.699. The first-order valence-corrected chi connectivity index (χ1v) is 13.4. The lowest BCUT2D eigenvalue weighted by atomic mass is 10.0. The van der Waals surface area contributed by atoms with Crippen molar-refractivity contribution in [3.8, 4) is 11.3 Å². The summed E-state index contributed by atoms with van der Waals surface area (Å²) in [7, 11) is -3.63. The fraction of sp³-hybridized carbons (Fsp3) is 0.333. The number of sulfonamides is 1. The number of aromatic nitrogens is 2. The van der Waals surface area contributed by atoms with Crippen LogP contribution in [0.3, 0.4) is 0 Å². The number of anilines is 1. The van der Waals surface area contributed by atoms with E-state index in [-0.39, 0.29) is 0 Å². The molecule has 3 aromatic rings. The van der Waals surface area contributed by atoms with E-state index in [0.29, 0.717) is 54.8 Å². The van der Waals surface area contributed by atoms with Gasteiger partial charge in [0.15, 0.2) is 5.82 Å². The molecule has 184 valence electrons. The Morgan fingerprint density at radius 2 is 1.86 bits per heavy atom.